The van der Waals surface area contributed by atoms with Crippen LogP contribution in [0.4, 0.5) is 0 Å². The highest BCUT2D eigenvalue weighted by atomic mass is 16.3. The molecule has 4 heteroatoms. The SMILES string of the molecule is CCC(C)(C)C1=CC(n2nc3ccccc3n2)(C(C)(C)CC)C(O)C=C1. The molecule has 3 rings (SSSR count). The first-order chi connectivity index (χ1) is 12.2. The van der Waals surface area contributed by atoms with Crippen LogP contribution < -0.4 is 0 Å². The van der Waals surface area contributed by atoms with Crippen LogP contribution in [0.2, 0.25) is 0 Å². The minimum Gasteiger partial charge on any atom is -0.386 e. The van der Waals surface area contributed by atoms with Gasteiger partial charge < -0.3 is 5.11 Å². The monoisotopic (exact) mass is 353 g/mol. The van der Waals surface area contributed by atoms with E-state index in [0.29, 0.717) is 0 Å². The molecule has 0 radical (unpaired) electrons. The van der Waals surface area contributed by atoms with Crippen LogP contribution in [0.5, 0.6) is 0 Å². The van der Waals surface area contributed by atoms with Crippen LogP contribution in [0.25, 0.3) is 11.0 Å². The maximum absolute atomic E-state index is 11.2. The second-order valence-corrected chi connectivity index (χ2v) is 8.68. The molecule has 1 heterocycles. The third-order valence-electron chi connectivity index (χ3n) is 6.54. The molecule has 2 atom stereocenters. The molecule has 1 aromatic heterocycles. The van der Waals surface area contributed by atoms with Crippen molar-refractivity contribution in [1.29, 1.82) is 0 Å². The molecular formula is C22H31N3O. The first-order valence-corrected chi connectivity index (χ1v) is 9.60. The zero-order valence-corrected chi connectivity index (χ0v) is 16.8. The molecule has 1 aliphatic rings. The van der Waals surface area contributed by atoms with Gasteiger partial charge in [0.1, 0.15) is 22.7 Å². The fourth-order valence-electron chi connectivity index (χ4n) is 3.69. The number of allylic oxidation sites excluding steroid dienone is 2. The van der Waals surface area contributed by atoms with Gasteiger partial charge in [0.25, 0.3) is 0 Å². The Bertz CT molecular complexity index is 826. The number of hydrogen-bond donors (Lipinski definition) is 1. The summed E-state index contributed by atoms with van der Waals surface area (Å²) >= 11 is 0. The third-order valence-corrected chi connectivity index (χ3v) is 6.54. The molecule has 0 spiro atoms. The Kier molecular flexibility index (Phi) is 4.60. The predicted molar refractivity (Wildman–Crippen MR) is 107 cm³/mol. The zero-order valence-electron chi connectivity index (χ0n) is 16.8. The number of benzene rings is 1. The average Bonchev–Trinajstić information content (AvgIpc) is 3.06. The van der Waals surface area contributed by atoms with Gasteiger partial charge in [-0.3, -0.25) is 0 Å². The molecule has 0 amide bonds. The summed E-state index contributed by atoms with van der Waals surface area (Å²) in [7, 11) is 0. The average molecular weight is 354 g/mol. The van der Waals surface area contributed by atoms with Gasteiger partial charge in [-0.15, -0.1) is 0 Å². The summed E-state index contributed by atoms with van der Waals surface area (Å²) in [4.78, 5) is 1.76. The van der Waals surface area contributed by atoms with E-state index in [2.05, 4.69) is 53.7 Å². The van der Waals surface area contributed by atoms with Gasteiger partial charge in [-0.2, -0.15) is 15.0 Å². The van der Waals surface area contributed by atoms with Crippen molar-refractivity contribution in [2.24, 2.45) is 10.8 Å². The minimum atomic E-state index is -0.725. The third kappa shape index (κ3) is 2.71. The first kappa shape index (κ1) is 18.8. The molecule has 0 fully saturated rings. The van der Waals surface area contributed by atoms with E-state index in [1.807, 2.05) is 30.3 Å². The number of nitrogens with zero attached hydrogens (tertiary/aromatic N) is 3. The molecule has 2 aromatic rings. The van der Waals surface area contributed by atoms with Crippen molar-refractivity contribution in [3.05, 3.63) is 48.1 Å². The Morgan fingerprint density at radius 1 is 1.04 bits per heavy atom. The highest BCUT2D eigenvalue weighted by molar-refractivity contribution is 5.73. The van der Waals surface area contributed by atoms with E-state index in [9.17, 15) is 5.11 Å². The van der Waals surface area contributed by atoms with Gasteiger partial charge in [0.2, 0.25) is 0 Å². The fourth-order valence-corrected chi connectivity index (χ4v) is 3.69. The highest BCUT2D eigenvalue weighted by Crippen LogP contribution is 2.49. The molecule has 2 unspecified atom stereocenters. The Balaban J connectivity index is 2.30. The van der Waals surface area contributed by atoms with E-state index >= 15 is 0 Å². The summed E-state index contributed by atoms with van der Waals surface area (Å²) in [6, 6.07) is 7.88. The van der Waals surface area contributed by atoms with E-state index in [1.165, 1.54) is 5.57 Å². The molecular weight excluding hydrogens is 322 g/mol. The molecule has 0 aliphatic heterocycles. The van der Waals surface area contributed by atoms with E-state index < -0.39 is 11.6 Å². The van der Waals surface area contributed by atoms with Crippen molar-refractivity contribution < 1.29 is 5.11 Å². The van der Waals surface area contributed by atoms with E-state index in [-0.39, 0.29) is 10.8 Å². The van der Waals surface area contributed by atoms with Crippen molar-refractivity contribution in [3.8, 4) is 0 Å². The van der Waals surface area contributed by atoms with Crippen molar-refractivity contribution in [1.82, 2.24) is 15.0 Å². The molecule has 140 valence electrons. The molecule has 1 aliphatic carbocycles. The number of aliphatic hydroxyl groups excluding tert-OH is 1. The zero-order chi connectivity index (χ0) is 19.2. The molecule has 26 heavy (non-hydrogen) atoms. The summed E-state index contributed by atoms with van der Waals surface area (Å²) < 4.78 is 0. The van der Waals surface area contributed by atoms with Gasteiger partial charge in [-0.25, -0.2) is 0 Å². The number of aromatic nitrogens is 3. The Hall–Kier alpha value is -1.94. The number of fused-ring (bicyclic) bond motifs is 1. The van der Waals surface area contributed by atoms with Crippen molar-refractivity contribution in [2.45, 2.75) is 66.0 Å². The molecule has 0 bridgehead atoms. The molecule has 1 N–H and O–H groups in total. The van der Waals surface area contributed by atoms with Crippen molar-refractivity contribution in [3.63, 3.8) is 0 Å². The lowest BCUT2D eigenvalue weighted by molar-refractivity contribution is -0.0123. The lowest BCUT2D eigenvalue weighted by Crippen LogP contribution is -2.56. The number of hydrogen-bond acceptors (Lipinski definition) is 3. The second-order valence-electron chi connectivity index (χ2n) is 8.68. The van der Waals surface area contributed by atoms with Gasteiger partial charge in [0, 0.05) is 0 Å². The normalized spacial score (nSPS) is 24.1. The lowest BCUT2D eigenvalue weighted by Gasteiger charge is -2.48. The van der Waals surface area contributed by atoms with Gasteiger partial charge in [-0.05, 0) is 47.5 Å². The Morgan fingerprint density at radius 2 is 1.62 bits per heavy atom. The summed E-state index contributed by atoms with van der Waals surface area (Å²) in [5.74, 6) is 0. The van der Waals surface area contributed by atoms with E-state index in [0.717, 1.165) is 23.9 Å². The van der Waals surface area contributed by atoms with Gasteiger partial charge >= 0.3 is 0 Å². The van der Waals surface area contributed by atoms with Crippen molar-refractivity contribution >= 4 is 11.0 Å². The maximum atomic E-state index is 11.2. The largest absolute Gasteiger partial charge is 0.386 e. The Morgan fingerprint density at radius 3 is 2.12 bits per heavy atom. The molecule has 0 saturated carbocycles. The predicted octanol–water partition coefficient (Wildman–Crippen LogP) is 4.86. The molecule has 1 aromatic carbocycles. The van der Waals surface area contributed by atoms with Crippen LogP contribution in [-0.2, 0) is 5.54 Å². The topological polar surface area (TPSA) is 50.9 Å². The molecule has 4 nitrogen and oxygen atoms in total. The standard InChI is InChI=1S/C22H31N3O/c1-7-20(3,4)16-13-14-19(26)22(15-16,21(5,6)8-2)25-23-17-11-9-10-12-18(17)24-25/h9-15,19,26H,7-8H2,1-6H3. The van der Waals surface area contributed by atoms with E-state index in [4.69, 9.17) is 10.2 Å². The van der Waals surface area contributed by atoms with Gasteiger partial charge in [-0.1, -0.05) is 65.8 Å². The second kappa shape index (κ2) is 6.34. The minimum absolute atomic E-state index is 0.0261. The fraction of sp³-hybridized carbons (Fsp3) is 0.545. The van der Waals surface area contributed by atoms with Crippen LogP contribution in [-0.4, -0.2) is 26.2 Å². The van der Waals surface area contributed by atoms with Crippen LogP contribution >= 0.6 is 0 Å². The number of rotatable bonds is 5. The Labute approximate surface area is 156 Å². The van der Waals surface area contributed by atoms with Crippen LogP contribution in [0, 0.1) is 10.8 Å². The first-order valence-electron chi connectivity index (χ1n) is 9.60. The lowest BCUT2D eigenvalue weighted by atomic mass is 9.63. The molecule has 0 saturated heterocycles. The van der Waals surface area contributed by atoms with Gasteiger partial charge in [0.15, 0.2) is 0 Å². The van der Waals surface area contributed by atoms with E-state index in [1.54, 1.807) is 4.80 Å². The summed E-state index contributed by atoms with van der Waals surface area (Å²) in [5.41, 5.74) is 2.00. The van der Waals surface area contributed by atoms with Gasteiger partial charge in [0.05, 0.1) is 0 Å². The summed E-state index contributed by atoms with van der Waals surface area (Å²) in [5, 5.41) is 20.8. The highest BCUT2D eigenvalue weighted by Gasteiger charge is 2.52. The van der Waals surface area contributed by atoms with Crippen molar-refractivity contribution in [2.75, 3.05) is 0 Å². The van der Waals surface area contributed by atoms with Crippen LogP contribution in [0.3, 0.4) is 0 Å². The summed E-state index contributed by atoms with van der Waals surface area (Å²) in [6.45, 7) is 13.2. The smallest absolute Gasteiger partial charge is 0.135 e. The quantitative estimate of drug-likeness (QED) is 0.835. The van der Waals surface area contributed by atoms with Crippen LogP contribution in [0.1, 0.15) is 54.4 Å². The maximum Gasteiger partial charge on any atom is 0.135 e. The van der Waals surface area contributed by atoms with Crippen LogP contribution in [0.15, 0.2) is 48.1 Å². The number of aliphatic hydroxyl groups is 1. The summed E-state index contributed by atoms with van der Waals surface area (Å²) in [6.07, 6.45) is 7.45.